The molecule has 1 aromatic heterocycles. The fraction of sp³-hybridized carbons (Fsp3) is 0. The molecule has 27 heavy (non-hydrogen) atoms. The highest BCUT2D eigenvalue weighted by Crippen LogP contribution is 2.38. The monoisotopic (exact) mass is 415 g/mol. The van der Waals surface area contributed by atoms with Crippen LogP contribution < -0.4 is 0 Å². The van der Waals surface area contributed by atoms with E-state index in [1.807, 2.05) is 18.2 Å². The Bertz CT molecular complexity index is 1250. The van der Waals surface area contributed by atoms with Crippen molar-refractivity contribution in [2.24, 2.45) is 0 Å². The molecule has 0 radical (unpaired) electrons. The molecule has 0 atom stereocenters. The van der Waals surface area contributed by atoms with Gasteiger partial charge >= 0.3 is 0 Å². The van der Waals surface area contributed by atoms with Crippen LogP contribution in [0.1, 0.15) is 0 Å². The zero-order valence-electron chi connectivity index (χ0n) is 14.4. The lowest BCUT2D eigenvalue weighted by Crippen LogP contribution is -1.97. The molecule has 5 rings (SSSR count). The summed E-state index contributed by atoms with van der Waals surface area (Å²) in [5, 5.41) is 2.42. The first kappa shape index (κ1) is 16.3. The van der Waals surface area contributed by atoms with Crippen LogP contribution in [0.5, 0.6) is 0 Å². The lowest BCUT2D eigenvalue weighted by molar-refractivity contribution is 0.628. The Hall–Kier alpha value is -2.91. The summed E-state index contributed by atoms with van der Waals surface area (Å²) in [5.41, 5.74) is 5.13. The van der Waals surface area contributed by atoms with Gasteiger partial charge in [0.25, 0.3) is 0 Å². The number of hydrogen-bond acceptors (Lipinski definition) is 0. The predicted molar refractivity (Wildman–Crippen MR) is 114 cm³/mol. The molecule has 0 spiro atoms. The van der Waals surface area contributed by atoms with Gasteiger partial charge in [0.15, 0.2) is 0 Å². The van der Waals surface area contributed by atoms with E-state index in [0.717, 1.165) is 32.3 Å². The second-order valence-corrected chi connectivity index (χ2v) is 7.37. The largest absolute Gasteiger partial charge is 0.309 e. The van der Waals surface area contributed by atoms with Crippen LogP contribution in [-0.2, 0) is 0 Å². The Morgan fingerprint density at radius 1 is 0.630 bits per heavy atom. The van der Waals surface area contributed by atoms with Crippen LogP contribution in [0.25, 0.3) is 38.6 Å². The van der Waals surface area contributed by atoms with E-state index in [4.69, 9.17) is 0 Å². The fourth-order valence-corrected chi connectivity index (χ4v) is 4.24. The van der Waals surface area contributed by atoms with Gasteiger partial charge in [0.05, 0.1) is 16.7 Å². The fourth-order valence-electron chi connectivity index (χ4n) is 3.78. The number of fused-ring (bicyclic) bond motifs is 3. The van der Waals surface area contributed by atoms with Gasteiger partial charge in [-0.15, -0.1) is 0 Å². The Labute approximate surface area is 164 Å². The molecule has 0 aliphatic carbocycles. The number of halogens is 2. The zero-order valence-corrected chi connectivity index (χ0v) is 15.9. The quantitative estimate of drug-likeness (QED) is 0.284. The van der Waals surface area contributed by atoms with Gasteiger partial charge in [-0.2, -0.15) is 0 Å². The number of hydrogen-bond donors (Lipinski definition) is 0. The Balaban J connectivity index is 1.91. The van der Waals surface area contributed by atoms with Crippen LogP contribution in [0.15, 0.2) is 95.5 Å². The number of benzene rings is 4. The van der Waals surface area contributed by atoms with Crippen molar-refractivity contribution in [2.75, 3.05) is 0 Å². The molecule has 0 aliphatic rings. The molecule has 0 N–H and O–H groups in total. The molecule has 0 saturated heterocycles. The summed E-state index contributed by atoms with van der Waals surface area (Å²) in [4.78, 5) is 0. The molecule has 0 saturated carbocycles. The van der Waals surface area contributed by atoms with Gasteiger partial charge in [-0.05, 0) is 36.4 Å². The van der Waals surface area contributed by atoms with Crippen LogP contribution >= 0.6 is 15.9 Å². The van der Waals surface area contributed by atoms with E-state index in [9.17, 15) is 4.39 Å². The Morgan fingerprint density at radius 3 is 1.93 bits per heavy atom. The number of aromatic nitrogens is 1. The van der Waals surface area contributed by atoms with E-state index in [1.165, 1.54) is 16.8 Å². The molecule has 1 nitrogen and oxygen atoms in total. The topological polar surface area (TPSA) is 4.93 Å². The minimum Gasteiger partial charge on any atom is -0.309 e. The third-order valence-electron chi connectivity index (χ3n) is 4.94. The first-order valence-corrected chi connectivity index (χ1v) is 9.56. The zero-order chi connectivity index (χ0) is 18.4. The number of para-hydroxylation sites is 3. The lowest BCUT2D eigenvalue weighted by Gasteiger charge is -2.15. The molecule has 0 amide bonds. The van der Waals surface area contributed by atoms with Crippen molar-refractivity contribution in [3.05, 3.63) is 101 Å². The van der Waals surface area contributed by atoms with E-state index in [1.54, 1.807) is 12.1 Å². The molecule has 0 fully saturated rings. The summed E-state index contributed by atoms with van der Waals surface area (Å²) in [6.07, 6.45) is 0. The highest BCUT2D eigenvalue weighted by molar-refractivity contribution is 9.10. The molecule has 1 heterocycles. The van der Waals surface area contributed by atoms with Crippen LogP contribution in [0, 0.1) is 5.82 Å². The van der Waals surface area contributed by atoms with Gasteiger partial charge < -0.3 is 4.57 Å². The van der Waals surface area contributed by atoms with Crippen molar-refractivity contribution >= 4 is 37.7 Å². The summed E-state index contributed by atoms with van der Waals surface area (Å²) >= 11 is 3.59. The SMILES string of the molecule is Fc1ccc(Br)c(-c2ccccc2-n2c3ccccc3c3ccccc32)c1. The molecule has 130 valence electrons. The van der Waals surface area contributed by atoms with Crippen molar-refractivity contribution in [3.8, 4) is 16.8 Å². The van der Waals surface area contributed by atoms with Crippen molar-refractivity contribution in [2.45, 2.75) is 0 Å². The van der Waals surface area contributed by atoms with Crippen LogP contribution in [-0.4, -0.2) is 4.57 Å². The molecular formula is C24H15BrFN. The third-order valence-corrected chi connectivity index (χ3v) is 5.64. The molecule has 4 aromatic carbocycles. The summed E-state index contributed by atoms with van der Waals surface area (Å²) in [7, 11) is 0. The normalized spacial score (nSPS) is 11.3. The van der Waals surface area contributed by atoms with Crippen molar-refractivity contribution in [1.29, 1.82) is 0 Å². The predicted octanol–water partition coefficient (Wildman–Crippen LogP) is 7.35. The van der Waals surface area contributed by atoms with E-state index in [2.05, 4.69) is 75.1 Å². The smallest absolute Gasteiger partial charge is 0.123 e. The van der Waals surface area contributed by atoms with Gasteiger partial charge in [-0.25, -0.2) is 4.39 Å². The average Bonchev–Trinajstić information content (AvgIpc) is 3.04. The second kappa shape index (κ2) is 6.36. The molecule has 5 aromatic rings. The van der Waals surface area contributed by atoms with E-state index >= 15 is 0 Å². The Morgan fingerprint density at radius 2 is 1.22 bits per heavy atom. The van der Waals surface area contributed by atoms with Crippen LogP contribution in [0.3, 0.4) is 0 Å². The maximum Gasteiger partial charge on any atom is 0.123 e. The average molecular weight is 416 g/mol. The molecule has 3 heteroatoms. The van der Waals surface area contributed by atoms with Gasteiger partial charge in [0, 0.05) is 26.4 Å². The second-order valence-electron chi connectivity index (χ2n) is 6.51. The first-order chi connectivity index (χ1) is 13.2. The van der Waals surface area contributed by atoms with Crippen molar-refractivity contribution in [3.63, 3.8) is 0 Å². The molecular weight excluding hydrogens is 401 g/mol. The first-order valence-electron chi connectivity index (χ1n) is 8.77. The minimum absolute atomic E-state index is 0.245. The van der Waals surface area contributed by atoms with E-state index in [-0.39, 0.29) is 5.82 Å². The van der Waals surface area contributed by atoms with Crippen LogP contribution in [0.2, 0.25) is 0 Å². The molecule has 0 bridgehead atoms. The summed E-state index contributed by atoms with van der Waals surface area (Å²) < 4.78 is 17.1. The van der Waals surface area contributed by atoms with Crippen LogP contribution in [0.4, 0.5) is 4.39 Å². The molecule has 0 unspecified atom stereocenters. The van der Waals surface area contributed by atoms with E-state index < -0.39 is 0 Å². The van der Waals surface area contributed by atoms with Gasteiger partial charge in [-0.1, -0.05) is 70.5 Å². The maximum absolute atomic E-state index is 14.0. The summed E-state index contributed by atoms with van der Waals surface area (Å²) in [6.45, 7) is 0. The molecule has 0 aliphatic heterocycles. The Kier molecular flexibility index (Phi) is 3.83. The summed E-state index contributed by atoms with van der Waals surface area (Å²) in [6, 6.07) is 29.7. The lowest BCUT2D eigenvalue weighted by atomic mass is 10.0. The number of nitrogens with zero attached hydrogens (tertiary/aromatic N) is 1. The van der Waals surface area contributed by atoms with Gasteiger partial charge in [0.2, 0.25) is 0 Å². The van der Waals surface area contributed by atoms with Gasteiger partial charge in [-0.3, -0.25) is 0 Å². The maximum atomic E-state index is 14.0. The summed E-state index contributed by atoms with van der Waals surface area (Å²) in [5.74, 6) is -0.245. The number of rotatable bonds is 2. The standard InChI is InChI=1S/C24H15BrFN/c25-21-14-13-16(26)15-20(21)19-9-3-6-12-24(19)27-22-10-4-1-7-17(22)18-8-2-5-11-23(18)27/h1-15H. The van der Waals surface area contributed by atoms with E-state index in [0.29, 0.717) is 0 Å². The highest BCUT2D eigenvalue weighted by Gasteiger charge is 2.16. The highest BCUT2D eigenvalue weighted by atomic mass is 79.9. The van der Waals surface area contributed by atoms with Crippen molar-refractivity contribution in [1.82, 2.24) is 4.57 Å². The minimum atomic E-state index is -0.245. The van der Waals surface area contributed by atoms with Crippen molar-refractivity contribution < 1.29 is 4.39 Å². The van der Waals surface area contributed by atoms with Gasteiger partial charge in [0.1, 0.15) is 5.82 Å². The third kappa shape index (κ3) is 2.58.